The summed E-state index contributed by atoms with van der Waals surface area (Å²) >= 11 is 0. The molecule has 8 heavy (non-hydrogen) atoms. The van der Waals surface area contributed by atoms with Gasteiger partial charge < -0.3 is 9.84 Å². The Balaban J connectivity index is 3.34. The summed E-state index contributed by atoms with van der Waals surface area (Å²) in [5.74, 6) is 2.36. The van der Waals surface area contributed by atoms with Crippen LogP contribution >= 0.6 is 0 Å². The molecule has 0 fully saturated rings. The van der Waals surface area contributed by atoms with Gasteiger partial charge in [-0.2, -0.15) is 0 Å². The number of hydrogen-bond acceptors (Lipinski definition) is 2. The fourth-order valence-corrected chi connectivity index (χ4v) is 0.161. The third-order valence-electron chi connectivity index (χ3n) is 0.410. The van der Waals surface area contributed by atoms with Crippen LogP contribution in [0.2, 0.25) is 0 Å². The Morgan fingerprint density at radius 1 is 1.88 bits per heavy atom. The Labute approximate surface area is 48.8 Å². The first-order valence-corrected chi connectivity index (χ1v) is 2.22. The summed E-state index contributed by atoms with van der Waals surface area (Å²) in [4.78, 5) is 0. The van der Waals surface area contributed by atoms with Crippen LogP contribution in [0.1, 0.15) is 6.92 Å². The van der Waals surface area contributed by atoms with Gasteiger partial charge in [0.1, 0.15) is 12.2 Å². The predicted octanol–water partition coefficient (Wildman–Crippen LogP) is 0.488. The highest BCUT2D eigenvalue weighted by Crippen LogP contribution is 1.73. The zero-order valence-electron chi connectivity index (χ0n) is 4.72. The van der Waals surface area contributed by atoms with Gasteiger partial charge in [-0.1, -0.05) is 6.58 Å². The van der Waals surface area contributed by atoms with Gasteiger partial charge in [-0.15, -0.1) is 0 Å². The predicted molar refractivity (Wildman–Crippen MR) is 30.7 cm³/mol. The second-order valence-electron chi connectivity index (χ2n) is 1.21. The fourth-order valence-electron chi connectivity index (χ4n) is 0.161. The third-order valence-corrected chi connectivity index (χ3v) is 0.410. The molecule has 2 nitrogen and oxygen atoms in total. The van der Waals surface area contributed by atoms with Crippen molar-refractivity contribution in [1.82, 2.24) is 0 Å². The molecule has 0 saturated heterocycles. The molecule has 0 aromatic carbocycles. The van der Waals surface area contributed by atoms with Crippen molar-refractivity contribution < 1.29 is 9.84 Å². The molecule has 1 unspecified atom stereocenters. The van der Waals surface area contributed by atoms with Crippen LogP contribution in [0.15, 0.2) is 12.8 Å². The van der Waals surface area contributed by atoms with Gasteiger partial charge >= 0.3 is 0 Å². The van der Waals surface area contributed by atoms with Gasteiger partial charge in [0, 0.05) is 0 Å². The highest BCUT2D eigenvalue weighted by atomic mass is 16.5. The van der Waals surface area contributed by atoms with Crippen LogP contribution in [0, 0.1) is 12.0 Å². The Morgan fingerprint density at radius 2 is 2.50 bits per heavy atom. The maximum absolute atomic E-state index is 8.49. The summed E-state index contributed by atoms with van der Waals surface area (Å²) in [5, 5.41) is 8.49. The van der Waals surface area contributed by atoms with Gasteiger partial charge in [0.15, 0.2) is 0 Å². The summed E-state index contributed by atoms with van der Waals surface area (Å²) in [5.41, 5.74) is 0. The first-order valence-electron chi connectivity index (χ1n) is 2.22. The van der Waals surface area contributed by atoms with Crippen LogP contribution in [-0.2, 0) is 4.74 Å². The van der Waals surface area contributed by atoms with Crippen LogP contribution in [0.4, 0.5) is 0 Å². The molecule has 0 amide bonds. The molecule has 0 spiro atoms. The monoisotopic (exact) mass is 112 g/mol. The molecular formula is C6H8O2. The molecule has 0 aliphatic rings. The highest BCUT2D eigenvalue weighted by Gasteiger charge is 1.80. The summed E-state index contributed by atoms with van der Waals surface area (Å²) in [6.07, 6.45) is 2.79. The van der Waals surface area contributed by atoms with Crippen LogP contribution in [-0.4, -0.2) is 11.2 Å². The van der Waals surface area contributed by atoms with E-state index in [1.807, 2.05) is 0 Å². The Bertz CT molecular complexity index is 116. The largest absolute Gasteiger partial charge is 0.416 e. The van der Waals surface area contributed by atoms with Crippen LogP contribution in [0.3, 0.4) is 0 Å². The van der Waals surface area contributed by atoms with E-state index in [4.69, 9.17) is 5.11 Å². The molecule has 0 bridgehead atoms. The normalized spacial score (nSPS) is 10.8. The van der Waals surface area contributed by atoms with E-state index >= 15 is 0 Å². The van der Waals surface area contributed by atoms with E-state index in [0.717, 1.165) is 0 Å². The lowest BCUT2D eigenvalue weighted by Gasteiger charge is -1.84. The van der Waals surface area contributed by atoms with Crippen molar-refractivity contribution in [3.05, 3.63) is 12.8 Å². The number of rotatable bonds is 1. The maximum atomic E-state index is 8.49. The van der Waals surface area contributed by atoms with E-state index in [2.05, 4.69) is 23.3 Å². The summed E-state index contributed by atoms with van der Waals surface area (Å²) < 4.78 is 4.39. The van der Waals surface area contributed by atoms with Crippen LogP contribution < -0.4 is 0 Å². The molecular weight excluding hydrogens is 104 g/mol. The minimum absolute atomic E-state index is 0.630. The molecule has 0 heterocycles. The average molecular weight is 112 g/mol. The van der Waals surface area contributed by atoms with Gasteiger partial charge in [-0.3, -0.25) is 0 Å². The molecule has 0 rings (SSSR count). The second kappa shape index (κ2) is 4.23. The van der Waals surface area contributed by atoms with E-state index < -0.39 is 6.10 Å². The smallest absolute Gasteiger partial charge is 0.118 e. The summed E-state index contributed by atoms with van der Waals surface area (Å²) in [6, 6.07) is 0. The van der Waals surface area contributed by atoms with E-state index in [9.17, 15) is 0 Å². The molecule has 0 saturated carbocycles. The molecule has 0 aromatic rings. The number of ether oxygens (including phenoxy) is 1. The molecule has 0 aliphatic carbocycles. The Hall–Kier alpha value is -0.940. The minimum Gasteiger partial charge on any atom is -0.416 e. The van der Waals surface area contributed by atoms with Crippen molar-refractivity contribution in [2.24, 2.45) is 0 Å². The molecule has 1 N–H and O–H groups in total. The molecule has 0 radical (unpaired) electrons. The average Bonchev–Trinajstić information content (AvgIpc) is 1.66. The quantitative estimate of drug-likeness (QED) is 0.395. The first-order chi connectivity index (χ1) is 3.77. The number of aliphatic hydroxyl groups is 1. The van der Waals surface area contributed by atoms with Crippen molar-refractivity contribution in [1.29, 1.82) is 0 Å². The molecule has 1 atom stereocenters. The first kappa shape index (κ1) is 7.06. The number of hydrogen-bond donors (Lipinski definition) is 1. The van der Waals surface area contributed by atoms with Crippen molar-refractivity contribution >= 4 is 0 Å². The third kappa shape index (κ3) is 5.06. The van der Waals surface area contributed by atoms with Gasteiger partial charge in [0.25, 0.3) is 0 Å². The van der Waals surface area contributed by atoms with Crippen molar-refractivity contribution in [2.45, 2.75) is 13.0 Å². The Morgan fingerprint density at radius 3 is 2.88 bits per heavy atom. The second-order valence-corrected chi connectivity index (χ2v) is 1.21. The number of aliphatic hydroxyl groups excluding tert-OH is 1. The Kier molecular flexibility index (Phi) is 3.73. The van der Waals surface area contributed by atoms with E-state index in [-0.39, 0.29) is 0 Å². The van der Waals surface area contributed by atoms with Crippen molar-refractivity contribution in [3.8, 4) is 12.0 Å². The standard InChI is InChI=1S/C6H8O2/c1-3-8-5-4-6(2)7/h3,6-7H,1H2,2H3. The van der Waals surface area contributed by atoms with Crippen molar-refractivity contribution in [3.63, 3.8) is 0 Å². The molecule has 0 aromatic heterocycles. The lowest BCUT2D eigenvalue weighted by Crippen LogP contribution is -1.92. The van der Waals surface area contributed by atoms with Gasteiger partial charge in [0.2, 0.25) is 0 Å². The minimum atomic E-state index is -0.630. The zero-order valence-corrected chi connectivity index (χ0v) is 4.72. The van der Waals surface area contributed by atoms with Crippen LogP contribution in [0.25, 0.3) is 0 Å². The molecule has 44 valence electrons. The topological polar surface area (TPSA) is 29.5 Å². The van der Waals surface area contributed by atoms with Crippen molar-refractivity contribution in [2.75, 3.05) is 0 Å². The molecule has 2 heteroatoms. The van der Waals surface area contributed by atoms with Gasteiger partial charge in [-0.05, 0) is 12.8 Å². The van der Waals surface area contributed by atoms with E-state index in [1.54, 1.807) is 6.92 Å². The highest BCUT2D eigenvalue weighted by molar-refractivity contribution is 4.97. The maximum Gasteiger partial charge on any atom is 0.118 e. The lowest BCUT2D eigenvalue weighted by molar-refractivity contribution is 0.252. The van der Waals surface area contributed by atoms with Gasteiger partial charge in [-0.25, -0.2) is 0 Å². The summed E-state index contributed by atoms with van der Waals surface area (Å²) in [6.45, 7) is 4.81. The lowest BCUT2D eigenvalue weighted by atomic mass is 10.4. The van der Waals surface area contributed by atoms with E-state index in [1.165, 1.54) is 6.26 Å². The SMILES string of the molecule is C=COC#CC(C)O. The zero-order chi connectivity index (χ0) is 6.41. The van der Waals surface area contributed by atoms with Crippen LogP contribution in [0.5, 0.6) is 0 Å². The summed E-state index contributed by atoms with van der Waals surface area (Å²) in [7, 11) is 0. The molecule has 0 aliphatic heterocycles. The fraction of sp³-hybridized carbons (Fsp3) is 0.333. The van der Waals surface area contributed by atoms with E-state index in [0.29, 0.717) is 0 Å². The van der Waals surface area contributed by atoms with Gasteiger partial charge in [0.05, 0.1) is 6.26 Å².